The number of pyridine rings is 1. The van der Waals surface area contributed by atoms with Gasteiger partial charge in [0.2, 0.25) is 11.8 Å². The third kappa shape index (κ3) is 6.41. The number of nitrogens with one attached hydrogen (secondary N) is 2. The van der Waals surface area contributed by atoms with Crippen LogP contribution in [-0.4, -0.2) is 54.7 Å². The molecule has 240 valence electrons. The maximum atomic E-state index is 14.0. The van der Waals surface area contributed by atoms with E-state index in [0.717, 1.165) is 5.57 Å². The summed E-state index contributed by atoms with van der Waals surface area (Å²) in [5, 5.41) is 5.66. The van der Waals surface area contributed by atoms with E-state index in [0.29, 0.717) is 95.3 Å². The van der Waals surface area contributed by atoms with Crippen LogP contribution in [0.3, 0.4) is 0 Å². The molecular formula is C33H31BrClFN4O6. The number of methoxy groups -OCH3 is 1. The van der Waals surface area contributed by atoms with Crippen molar-refractivity contribution in [2.75, 3.05) is 37.5 Å². The minimum absolute atomic E-state index is 0.0204. The fourth-order valence-electron chi connectivity index (χ4n) is 5.96. The van der Waals surface area contributed by atoms with Gasteiger partial charge in [0.05, 0.1) is 29.6 Å². The van der Waals surface area contributed by atoms with E-state index >= 15 is 0 Å². The Kier molecular flexibility index (Phi) is 9.19. The Morgan fingerprint density at radius 2 is 1.93 bits per heavy atom. The lowest BCUT2D eigenvalue weighted by Gasteiger charge is -2.35. The molecule has 3 aliphatic heterocycles. The predicted molar refractivity (Wildman–Crippen MR) is 174 cm³/mol. The Morgan fingerprint density at radius 3 is 2.72 bits per heavy atom. The van der Waals surface area contributed by atoms with Crippen molar-refractivity contribution in [1.82, 2.24) is 9.88 Å². The van der Waals surface area contributed by atoms with Gasteiger partial charge in [0.25, 0.3) is 5.88 Å². The molecule has 46 heavy (non-hydrogen) atoms. The van der Waals surface area contributed by atoms with E-state index in [2.05, 4.69) is 26.6 Å². The lowest BCUT2D eigenvalue weighted by atomic mass is 9.92. The van der Waals surface area contributed by atoms with Crippen molar-refractivity contribution >= 4 is 62.4 Å². The number of halogens is 3. The number of amides is 3. The maximum absolute atomic E-state index is 14.0. The van der Waals surface area contributed by atoms with Crippen LogP contribution in [0.4, 0.5) is 20.6 Å². The largest absolute Gasteiger partial charge is 0.484 e. The van der Waals surface area contributed by atoms with Gasteiger partial charge in [-0.15, -0.1) is 0 Å². The van der Waals surface area contributed by atoms with Crippen LogP contribution in [0.2, 0.25) is 5.02 Å². The molecule has 13 heteroatoms. The molecule has 0 spiro atoms. The summed E-state index contributed by atoms with van der Waals surface area (Å²) in [4.78, 5) is 45.8. The summed E-state index contributed by atoms with van der Waals surface area (Å²) in [7, 11) is 1.27. The molecule has 10 nitrogen and oxygen atoms in total. The smallest absolute Gasteiger partial charge is 0.411 e. The van der Waals surface area contributed by atoms with Gasteiger partial charge in [-0.05, 0) is 60.7 Å². The molecule has 3 aromatic rings. The number of carbonyl (C=O) groups excluding carboxylic acids is 3. The standard InChI is InChI=1S/C33H31BrClFN4O6/c1-17-4-3-5-28(40-9-8-18(12-29(40)41)21-14-24(35)25(36)16-23(21)34)27-15-22(30-32(39-27)46-11-10-45-30)20-7-6-19(37-33(43)44-2)13-26(20)38-31(17)42/h6-7,12-17,28H,3-5,8-11H2,1-2H3,(H,37,43)(H,38,42)/t17-,28+/m1/s1. The number of nitrogens with zero attached hydrogens (tertiary/aromatic N) is 2. The first-order valence-electron chi connectivity index (χ1n) is 14.9. The van der Waals surface area contributed by atoms with Gasteiger partial charge in [0.15, 0.2) is 5.75 Å². The second kappa shape index (κ2) is 13.3. The van der Waals surface area contributed by atoms with E-state index in [4.69, 9.17) is 30.8 Å². The van der Waals surface area contributed by atoms with E-state index in [9.17, 15) is 18.8 Å². The summed E-state index contributed by atoms with van der Waals surface area (Å²) >= 11 is 9.48. The highest BCUT2D eigenvalue weighted by atomic mass is 79.9. The molecule has 0 fully saturated rings. The molecule has 0 unspecified atom stereocenters. The number of ether oxygens (including phenoxy) is 3. The molecule has 2 atom stereocenters. The number of hydrogen-bond acceptors (Lipinski definition) is 7. The van der Waals surface area contributed by atoms with Crippen LogP contribution in [0, 0.1) is 11.7 Å². The zero-order chi connectivity index (χ0) is 32.5. The minimum atomic E-state index is -0.644. The van der Waals surface area contributed by atoms with E-state index in [1.807, 2.05) is 13.0 Å². The monoisotopic (exact) mass is 712 g/mol. The topological polar surface area (TPSA) is 119 Å². The van der Waals surface area contributed by atoms with Crippen LogP contribution < -0.4 is 20.1 Å². The Hall–Kier alpha value is -4.16. The average molecular weight is 714 g/mol. The van der Waals surface area contributed by atoms with Crippen LogP contribution in [0.5, 0.6) is 11.6 Å². The third-order valence-corrected chi connectivity index (χ3v) is 9.31. The lowest BCUT2D eigenvalue weighted by molar-refractivity contribution is -0.129. The first kappa shape index (κ1) is 31.8. The van der Waals surface area contributed by atoms with Crippen molar-refractivity contribution < 1.29 is 33.0 Å². The second-order valence-corrected chi connectivity index (χ2v) is 12.6. The molecule has 0 saturated carbocycles. The van der Waals surface area contributed by atoms with Gasteiger partial charge in [-0.2, -0.15) is 0 Å². The van der Waals surface area contributed by atoms with Crippen molar-refractivity contribution in [2.24, 2.45) is 5.92 Å². The van der Waals surface area contributed by atoms with Crippen molar-refractivity contribution in [3.8, 4) is 22.8 Å². The number of benzene rings is 2. The zero-order valence-corrected chi connectivity index (χ0v) is 27.5. The van der Waals surface area contributed by atoms with Crippen molar-refractivity contribution in [2.45, 2.75) is 38.6 Å². The molecule has 6 rings (SSSR count). The Bertz CT molecular complexity index is 1770. The summed E-state index contributed by atoms with van der Waals surface area (Å²) < 4.78 is 31.3. The van der Waals surface area contributed by atoms with Gasteiger partial charge in [-0.1, -0.05) is 46.9 Å². The highest BCUT2D eigenvalue weighted by Gasteiger charge is 2.33. The van der Waals surface area contributed by atoms with Gasteiger partial charge < -0.3 is 24.4 Å². The van der Waals surface area contributed by atoms with E-state index in [-0.39, 0.29) is 22.8 Å². The lowest BCUT2D eigenvalue weighted by Crippen LogP contribution is -2.38. The van der Waals surface area contributed by atoms with Crippen LogP contribution in [0.25, 0.3) is 16.7 Å². The molecular weight excluding hydrogens is 683 g/mol. The van der Waals surface area contributed by atoms with E-state index in [1.54, 1.807) is 29.2 Å². The number of aromatic nitrogens is 1. The molecule has 3 aliphatic rings. The zero-order valence-electron chi connectivity index (χ0n) is 25.1. The summed E-state index contributed by atoms with van der Waals surface area (Å²) in [6.45, 7) is 2.86. The van der Waals surface area contributed by atoms with Gasteiger partial charge in [0, 0.05) is 39.8 Å². The van der Waals surface area contributed by atoms with Crippen LogP contribution in [-0.2, 0) is 14.3 Å². The van der Waals surface area contributed by atoms with Gasteiger partial charge in [-0.3, -0.25) is 14.9 Å². The number of carbonyl (C=O) groups is 3. The molecule has 0 saturated heterocycles. The molecule has 1 aromatic heterocycles. The van der Waals surface area contributed by atoms with Crippen LogP contribution in [0.1, 0.15) is 49.9 Å². The number of hydrogen-bond donors (Lipinski definition) is 2. The molecule has 4 heterocycles. The highest BCUT2D eigenvalue weighted by Crippen LogP contribution is 2.46. The molecule has 0 aliphatic carbocycles. The minimum Gasteiger partial charge on any atom is -0.484 e. The fourth-order valence-corrected chi connectivity index (χ4v) is 6.70. The summed E-state index contributed by atoms with van der Waals surface area (Å²) in [5.74, 6) is -0.556. The summed E-state index contributed by atoms with van der Waals surface area (Å²) in [6.07, 6.45) is 3.19. The molecule has 2 bridgehead atoms. The Labute approximate surface area is 278 Å². The molecule has 0 radical (unpaired) electrons. The van der Waals surface area contributed by atoms with Crippen molar-refractivity contribution in [1.29, 1.82) is 0 Å². The maximum Gasteiger partial charge on any atom is 0.411 e. The van der Waals surface area contributed by atoms with Crippen molar-refractivity contribution in [3.05, 3.63) is 69.0 Å². The Balaban J connectivity index is 1.44. The second-order valence-electron chi connectivity index (χ2n) is 11.3. The van der Waals surface area contributed by atoms with Crippen LogP contribution >= 0.6 is 27.5 Å². The summed E-state index contributed by atoms with van der Waals surface area (Å²) in [5.41, 5.74) is 4.18. The number of fused-ring (bicyclic) bond motifs is 6. The third-order valence-electron chi connectivity index (χ3n) is 8.37. The van der Waals surface area contributed by atoms with Gasteiger partial charge in [0.1, 0.15) is 19.0 Å². The average Bonchev–Trinajstić information content (AvgIpc) is 3.04. The van der Waals surface area contributed by atoms with Crippen LogP contribution in [0.15, 0.2) is 46.9 Å². The fraction of sp³-hybridized carbons (Fsp3) is 0.333. The van der Waals surface area contributed by atoms with E-state index in [1.165, 1.54) is 19.2 Å². The Morgan fingerprint density at radius 1 is 1.13 bits per heavy atom. The molecule has 2 aromatic carbocycles. The molecule has 3 amide bonds. The SMILES string of the molecule is COC(=O)Nc1ccc2c(c1)NC(=O)[C@H](C)CCC[C@H](N1CCC(c3cc(Cl)c(F)cc3Br)=CC1=O)c1cc-2c2c(n1)OCCO2. The summed E-state index contributed by atoms with van der Waals surface area (Å²) in [6, 6.07) is 9.41. The predicted octanol–water partition coefficient (Wildman–Crippen LogP) is 7.37. The molecule has 2 N–H and O–H groups in total. The normalized spacial score (nSPS) is 19.6. The van der Waals surface area contributed by atoms with Gasteiger partial charge >= 0.3 is 6.09 Å². The quantitative estimate of drug-likeness (QED) is 0.272. The first-order valence-corrected chi connectivity index (χ1v) is 16.1. The first-order chi connectivity index (χ1) is 22.1. The highest BCUT2D eigenvalue weighted by molar-refractivity contribution is 9.10. The van der Waals surface area contributed by atoms with Gasteiger partial charge in [-0.25, -0.2) is 14.2 Å². The van der Waals surface area contributed by atoms with E-state index < -0.39 is 18.0 Å². The van der Waals surface area contributed by atoms with Crippen molar-refractivity contribution in [3.63, 3.8) is 0 Å². The number of rotatable bonds is 3. The number of anilines is 2.